The van der Waals surface area contributed by atoms with Crippen molar-refractivity contribution in [2.24, 2.45) is 5.92 Å². The minimum absolute atomic E-state index is 0.0867. The van der Waals surface area contributed by atoms with Gasteiger partial charge in [-0.15, -0.1) is 0 Å². The first kappa shape index (κ1) is 26.4. The molecule has 5 nitrogen and oxygen atoms in total. The van der Waals surface area contributed by atoms with Gasteiger partial charge in [-0.2, -0.15) is 0 Å². The smallest absolute Gasteiger partial charge is 0.226 e. The van der Waals surface area contributed by atoms with Crippen molar-refractivity contribution in [3.05, 3.63) is 69.7 Å². The van der Waals surface area contributed by atoms with Gasteiger partial charge in [0.2, 0.25) is 5.91 Å². The molecule has 0 bridgehead atoms. The SMILES string of the molecule is CC1CC(c2cccc(Cl)c2)C(c2ccc(Cl)cc2)N(CC2CN(COC(C)(C)C)CCO2)C1=O. The zero-order chi connectivity index (χ0) is 25.2. The molecule has 0 radical (unpaired) electrons. The minimum atomic E-state index is -0.198. The number of piperidine rings is 1. The van der Waals surface area contributed by atoms with Crippen LogP contribution < -0.4 is 0 Å². The van der Waals surface area contributed by atoms with Gasteiger partial charge in [0.1, 0.15) is 0 Å². The summed E-state index contributed by atoms with van der Waals surface area (Å²) in [5, 5.41) is 1.39. The predicted molar refractivity (Wildman–Crippen MR) is 141 cm³/mol. The van der Waals surface area contributed by atoms with Gasteiger partial charge in [0.05, 0.1) is 31.1 Å². The number of carbonyl (C=O) groups excluding carboxylic acids is 1. The number of rotatable bonds is 6. The Bertz CT molecular complexity index is 1010. The second-order valence-electron chi connectivity index (χ2n) is 10.7. The first-order chi connectivity index (χ1) is 16.6. The van der Waals surface area contributed by atoms with Gasteiger partial charge >= 0.3 is 0 Å². The Morgan fingerprint density at radius 3 is 2.49 bits per heavy atom. The maximum Gasteiger partial charge on any atom is 0.226 e. The molecule has 2 saturated heterocycles. The molecule has 35 heavy (non-hydrogen) atoms. The van der Waals surface area contributed by atoms with Crippen LogP contribution in [0.4, 0.5) is 0 Å². The molecule has 0 saturated carbocycles. The normalized spacial score (nSPS) is 26.2. The summed E-state index contributed by atoms with van der Waals surface area (Å²) >= 11 is 12.6. The van der Waals surface area contributed by atoms with E-state index in [4.69, 9.17) is 32.7 Å². The van der Waals surface area contributed by atoms with Crippen LogP contribution in [-0.2, 0) is 14.3 Å². The zero-order valence-corrected chi connectivity index (χ0v) is 22.6. The summed E-state index contributed by atoms with van der Waals surface area (Å²) < 4.78 is 12.2. The molecule has 7 heteroatoms. The molecule has 190 valence electrons. The molecule has 4 atom stereocenters. The highest BCUT2D eigenvalue weighted by molar-refractivity contribution is 6.30. The van der Waals surface area contributed by atoms with Gasteiger partial charge in [-0.05, 0) is 62.6 Å². The van der Waals surface area contributed by atoms with Crippen molar-refractivity contribution in [1.29, 1.82) is 0 Å². The van der Waals surface area contributed by atoms with Crippen LogP contribution in [0.1, 0.15) is 57.2 Å². The molecule has 1 amide bonds. The maximum absolute atomic E-state index is 13.6. The van der Waals surface area contributed by atoms with Crippen LogP contribution in [0, 0.1) is 5.92 Å². The van der Waals surface area contributed by atoms with Gasteiger partial charge in [0.15, 0.2) is 0 Å². The first-order valence-electron chi connectivity index (χ1n) is 12.4. The summed E-state index contributed by atoms with van der Waals surface area (Å²) in [7, 11) is 0. The van der Waals surface area contributed by atoms with E-state index in [2.05, 4.69) is 31.7 Å². The average Bonchev–Trinajstić information content (AvgIpc) is 2.81. The van der Waals surface area contributed by atoms with E-state index in [9.17, 15) is 4.79 Å². The second-order valence-corrected chi connectivity index (χ2v) is 11.6. The van der Waals surface area contributed by atoms with E-state index in [-0.39, 0.29) is 35.5 Å². The Labute approximate surface area is 219 Å². The molecule has 2 aromatic carbocycles. The number of amides is 1. The van der Waals surface area contributed by atoms with Gasteiger partial charge in [0.25, 0.3) is 0 Å². The lowest BCUT2D eigenvalue weighted by Crippen LogP contribution is -2.53. The van der Waals surface area contributed by atoms with E-state index in [1.165, 1.54) is 0 Å². The van der Waals surface area contributed by atoms with Crippen LogP contribution in [0.5, 0.6) is 0 Å². The van der Waals surface area contributed by atoms with Gasteiger partial charge in [0, 0.05) is 41.5 Å². The van der Waals surface area contributed by atoms with Crippen LogP contribution in [0.3, 0.4) is 0 Å². The lowest BCUT2D eigenvalue weighted by atomic mass is 9.76. The van der Waals surface area contributed by atoms with Crippen LogP contribution in [0.2, 0.25) is 10.0 Å². The molecule has 2 aliphatic rings. The second kappa shape index (κ2) is 11.2. The van der Waals surface area contributed by atoms with Crippen LogP contribution >= 0.6 is 23.2 Å². The number of hydrogen-bond acceptors (Lipinski definition) is 4. The summed E-state index contributed by atoms with van der Waals surface area (Å²) in [6.45, 7) is 11.5. The van der Waals surface area contributed by atoms with Crippen molar-refractivity contribution in [2.75, 3.05) is 33.0 Å². The summed E-state index contributed by atoms with van der Waals surface area (Å²) in [5.74, 6) is 0.188. The fourth-order valence-corrected chi connectivity index (χ4v) is 5.42. The van der Waals surface area contributed by atoms with E-state index < -0.39 is 0 Å². The monoisotopic (exact) mass is 518 g/mol. The number of benzene rings is 2. The van der Waals surface area contributed by atoms with Gasteiger partial charge in [-0.3, -0.25) is 9.69 Å². The largest absolute Gasteiger partial charge is 0.374 e. The molecule has 2 aromatic rings. The molecule has 2 fully saturated rings. The summed E-state index contributed by atoms with van der Waals surface area (Å²) in [6, 6.07) is 15.8. The summed E-state index contributed by atoms with van der Waals surface area (Å²) in [5.41, 5.74) is 2.02. The number of halogens is 2. The lowest BCUT2D eigenvalue weighted by molar-refractivity contribution is -0.149. The minimum Gasteiger partial charge on any atom is -0.374 e. The quantitative estimate of drug-likeness (QED) is 0.459. The highest BCUT2D eigenvalue weighted by Gasteiger charge is 2.42. The fourth-order valence-electron chi connectivity index (χ4n) is 5.09. The first-order valence-corrected chi connectivity index (χ1v) is 13.2. The Hall–Kier alpha value is -1.63. The molecule has 2 aliphatic heterocycles. The third kappa shape index (κ3) is 6.78. The number of hydrogen-bond donors (Lipinski definition) is 0. The third-order valence-corrected chi connectivity index (χ3v) is 7.31. The van der Waals surface area contributed by atoms with Crippen molar-refractivity contribution >= 4 is 29.1 Å². The number of morpholine rings is 1. The zero-order valence-electron chi connectivity index (χ0n) is 21.0. The Morgan fingerprint density at radius 1 is 1.06 bits per heavy atom. The molecule has 0 N–H and O–H groups in total. The highest BCUT2D eigenvalue weighted by atomic mass is 35.5. The van der Waals surface area contributed by atoms with Crippen LogP contribution in [-0.4, -0.2) is 60.4 Å². The highest BCUT2D eigenvalue weighted by Crippen LogP contribution is 2.45. The Kier molecular flexibility index (Phi) is 8.45. The Morgan fingerprint density at radius 2 is 1.80 bits per heavy atom. The summed E-state index contributed by atoms with van der Waals surface area (Å²) in [4.78, 5) is 17.9. The average molecular weight is 520 g/mol. The molecular weight excluding hydrogens is 483 g/mol. The molecular formula is C28H36Cl2N2O3. The van der Waals surface area contributed by atoms with E-state index >= 15 is 0 Å². The van der Waals surface area contributed by atoms with E-state index in [1.54, 1.807) is 0 Å². The van der Waals surface area contributed by atoms with Crippen molar-refractivity contribution in [3.8, 4) is 0 Å². The van der Waals surface area contributed by atoms with Crippen molar-refractivity contribution in [1.82, 2.24) is 9.80 Å². The topological polar surface area (TPSA) is 42.0 Å². The van der Waals surface area contributed by atoms with Gasteiger partial charge in [-0.25, -0.2) is 0 Å². The van der Waals surface area contributed by atoms with Crippen molar-refractivity contribution < 1.29 is 14.3 Å². The third-order valence-electron chi connectivity index (χ3n) is 6.82. The predicted octanol–water partition coefficient (Wildman–Crippen LogP) is 6.16. The van der Waals surface area contributed by atoms with Crippen LogP contribution in [0.15, 0.2) is 48.5 Å². The van der Waals surface area contributed by atoms with E-state index in [0.29, 0.717) is 29.9 Å². The molecule has 4 unspecified atom stereocenters. The molecule has 2 heterocycles. The fraction of sp³-hybridized carbons (Fsp3) is 0.536. The number of likely N-dealkylation sites (tertiary alicyclic amines) is 1. The van der Waals surface area contributed by atoms with E-state index in [0.717, 1.165) is 30.6 Å². The number of ether oxygens (including phenoxy) is 2. The lowest BCUT2D eigenvalue weighted by Gasteiger charge is -2.46. The Balaban J connectivity index is 1.62. The van der Waals surface area contributed by atoms with Crippen molar-refractivity contribution in [2.45, 2.75) is 57.8 Å². The summed E-state index contributed by atoms with van der Waals surface area (Å²) in [6.07, 6.45) is 0.677. The van der Waals surface area contributed by atoms with Gasteiger partial charge < -0.3 is 14.4 Å². The van der Waals surface area contributed by atoms with Crippen molar-refractivity contribution in [3.63, 3.8) is 0 Å². The number of carbonyl (C=O) groups is 1. The molecule has 4 rings (SSSR count). The van der Waals surface area contributed by atoms with Gasteiger partial charge in [-0.1, -0.05) is 54.4 Å². The molecule has 0 aromatic heterocycles. The standard InChI is InChI=1S/C28H36Cl2N2O3/c1-19-14-25(21-6-5-7-23(30)15-21)26(20-8-10-22(29)11-9-20)32(27(19)33)17-24-16-31(12-13-34-24)18-35-28(2,3)4/h5-11,15,19,24-26H,12-14,16-18H2,1-4H3. The van der Waals surface area contributed by atoms with Crippen LogP contribution in [0.25, 0.3) is 0 Å². The number of nitrogens with zero attached hydrogens (tertiary/aromatic N) is 2. The molecule has 0 aliphatic carbocycles. The van der Waals surface area contributed by atoms with E-state index in [1.807, 2.05) is 54.3 Å². The maximum atomic E-state index is 13.6. The molecule has 0 spiro atoms.